The van der Waals surface area contributed by atoms with Gasteiger partial charge in [-0.25, -0.2) is 4.98 Å². The minimum Gasteiger partial charge on any atom is -0.491 e. The standard InChI is InChI=1S/C17H15N3O/c1-11(2)21-14-5-3-4-13(9-14)17-19-15-7-6-12(10-18)8-16(15)20-17/h3-9,11H,1-2H3,(H,19,20). The van der Waals surface area contributed by atoms with Crippen molar-refractivity contribution in [1.29, 1.82) is 5.26 Å². The van der Waals surface area contributed by atoms with Crippen LogP contribution >= 0.6 is 0 Å². The number of H-pyrrole nitrogens is 1. The van der Waals surface area contributed by atoms with Gasteiger partial charge in [-0.2, -0.15) is 5.26 Å². The highest BCUT2D eigenvalue weighted by Gasteiger charge is 2.07. The van der Waals surface area contributed by atoms with Gasteiger partial charge in [0.15, 0.2) is 0 Å². The van der Waals surface area contributed by atoms with Crippen molar-refractivity contribution in [2.24, 2.45) is 0 Å². The smallest absolute Gasteiger partial charge is 0.138 e. The van der Waals surface area contributed by atoms with E-state index in [4.69, 9.17) is 10.00 Å². The fraction of sp³-hybridized carbons (Fsp3) is 0.176. The topological polar surface area (TPSA) is 61.7 Å². The van der Waals surface area contributed by atoms with Crippen LogP contribution in [0.15, 0.2) is 42.5 Å². The van der Waals surface area contributed by atoms with Crippen LogP contribution in [0.4, 0.5) is 0 Å². The zero-order valence-electron chi connectivity index (χ0n) is 11.9. The normalized spacial score (nSPS) is 10.8. The molecule has 0 amide bonds. The Morgan fingerprint density at radius 2 is 2.05 bits per heavy atom. The minimum absolute atomic E-state index is 0.133. The van der Waals surface area contributed by atoms with Crippen molar-refractivity contribution >= 4 is 11.0 Å². The maximum absolute atomic E-state index is 8.94. The summed E-state index contributed by atoms with van der Waals surface area (Å²) in [5.41, 5.74) is 3.29. The molecule has 0 saturated heterocycles. The molecule has 0 aliphatic rings. The summed E-state index contributed by atoms with van der Waals surface area (Å²) in [6.07, 6.45) is 0.133. The first-order valence-corrected chi connectivity index (χ1v) is 6.82. The fourth-order valence-electron chi connectivity index (χ4n) is 2.20. The summed E-state index contributed by atoms with van der Waals surface area (Å²) in [5, 5.41) is 8.94. The molecule has 0 fully saturated rings. The van der Waals surface area contributed by atoms with Crippen LogP contribution in [0.1, 0.15) is 19.4 Å². The van der Waals surface area contributed by atoms with E-state index in [1.165, 1.54) is 0 Å². The van der Waals surface area contributed by atoms with Crippen molar-refractivity contribution in [3.63, 3.8) is 0 Å². The Hall–Kier alpha value is -2.80. The Balaban J connectivity index is 2.02. The van der Waals surface area contributed by atoms with E-state index in [0.29, 0.717) is 5.56 Å². The molecule has 104 valence electrons. The van der Waals surface area contributed by atoms with Crippen LogP contribution < -0.4 is 4.74 Å². The molecule has 0 aliphatic heterocycles. The Kier molecular flexibility index (Phi) is 3.33. The number of ether oxygens (including phenoxy) is 1. The number of hydrogen-bond donors (Lipinski definition) is 1. The number of hydrogen-bond acceptors (Lipinski definition) is 3. The third-order valence-corrected chi connectivity index (χ3v) is 3.09. The quantitative estimate of drug-likeness (QED) is 0.790. The molecule has 1 heterocycles. The predicted octanol–water partition coefficient (Wildman–Crippen LogP) is 3.89. The van der Waals surface area contributed by atoms with Gasteiger partial charge in [0.05, 0.1) is 28.8 Å². The molecule has 0 radical (unpaired) electrons. The highest BCUT2D eigenvalue weighted by atomic mass is 16.5. The summed E-state index contributed by atoms with van der Waals surface area (Å²) in [7, 11) is 0. The molecule has 4 nitrogen and oxygen atoms in total. The van der Waals surface area contributed by atoms with Crippen LogP contribution in [-0.4, -0.2) is 16.1 Å². The highest BCUT2D eigenvalue weighted by molar-refractivity contribution is 5.80. The lowest BCUT2D eigenvalue weighted by Crippen LogP contribution is -2.05. The second kappa shape index (κ2) is 5.29. The van der Waals surface area contributed by atoms with Crippen LogP contribution in [-0.2, 0) is 0 Å². The molecule has 1 N–H and O–H groups in total. The maximum Gasteiger partial charge on any atom is 0.138 e. The average Bonchev–Trinajstić information content (AvgIpc) is 2.89. The van der Waals surface area contributed by atoms with Crippen LogP contribution in [0.25, 0.3) is 22.4 Å². The van der Waals surface area contributed by atoms with E-state index >= 15 is 0 Å². The van der Waals surface area contributed by atoms with E-state index in [9.17, 15) is 0 Å². The second-order valence-electron chi connectivity index (χ2n) is 5.12. The Labute approximate surface area is 123 Å². The molecule has 0 atom stereocenters. The molecule has 3 rings (SSSR count). The van der Waals surface area contributed by atoms with E-state index in [0.717, 1.165) is 28.2 Å². The molecular weight excluding hydrogens is 262 g/mol. The first kappa shape index (κ1) is 13.2. The van der Waals surface area contributed by atoms with Gasteiger partial charge in [-0.05, 0) is 44.2 Å². The largest absolute Gasteiger partial charge is 0.491 e. The summed E-state index contributed by atoms with van der Waals surface area (Å²) in [4.78, 5) is 7.81. The van der Waals surface area contributed by atoms with Crippen molar-refractivity contribution in [3.8, 4) is 23.2 Å². The molecular formula is C17H15N3O. The van der Waals surface area contributed by atoms with Gasteiger partial charge >= 0.3 is 0 Å². The SMILES string of the molecule is CC(C)Oc1cccc(-c2nc3ccc(C#N)cc3[nH]2)c1. The number of benzene rings is 2. The lowest BCUT2D eigenvalue weighted by molar-refractivity contribution is 0.242. The van der Waals surface area contributed by atoms with E-state index in [-0.39, 0.29) is 6.10 Å². The van der Waals surface area contributed by atoms with E-state index in [1.807, 2.05) is 44.2 Å². The van der Waals surface area contributed by atoms with Crippen LogP contribution in [0.5, 0.6) is 5.75 Å². The van der Waals surface area contributed by atoms with Gasteiger partial charge in [-0.1, -0.05) is 12.1 Å². The van der Waals surface area contributed by atoms with E-state index < -0.39 is 0 Å². The number of fused-ring (bicyclic) bond motifs is 1. The third kappa shape index (κ3) is 2.72. The molecule has 1 aromatic heterocycles. The van der Waals surface area contributed by atoms with E-state index in [2.05, 4.69) is 16.0 Å². The Morgan fingerprint density at radius 1 is 1.19 bits per heavy atom. The molecule has 4 heteroatoms. The minimum atomic E-state index is 0.133. The first-order chi connectivity index (χ1) is 10.2. The maximum atomic E-state index is 8.94. The zero-order chi connectivity index (χ0) is 14.8. The predicted molar refractivity (Wildman–Crippen MR) is 82.0 cm³/mol. The first-order valence-electron chi connectivity index (χ1n) is 6.82. The lowest BCUT2D eigenvalue weighted by Gasteiger charge is -2.10. The van der Waals surface area contributed by atoms with Crippen molar-refractivity contribution in [2.45, 2.75) is 20.0 Å². The van der Waals surface area contributed by atoms with Gasteiger partial charge in [0.25, 0.3) is 0 Å². The molecule has 21 heavy (non-hydrogen) atoms. The van der Waals surface area contributed by atoms with Crippen LogP contribution in [0, 0.1) is 11.3 Å². The van der Waals surface area contributed by atoms with Gasteiger partial charge < -0.3 is 9.72 Å². The fourth-order valence-corrected chi connectivity index (χ4v) is 2.20. The van der Waals surface area contributed by atoms with Gasteiger partial charge in [-0.15, -0.1) is 0 Å². The second-order valence-corrected chi connectivity index (χ2v) is 5.12. The third-order valence-electron chi connectivity index (χ3n) is 3.09. The van der Waals surface area contributed by atoms with Crippen LogP contribution in [0.2, 0.25) is 0 Å². The summed E-state index contributed by atoms with van der Waals surface area (Å²) in [6, 6.07) is 15.4. The number of nitrogens with one attached hydrogen (secondary N) is 1. The molecule has 3 aromatic rings. The lowest BCUT2D eigenvalue weighted by atomic mass is 10.2. The van der Waals surface area contributed by atoms with Gasteiger partial charge in [0.2, 0.25) is 0 Å². The van der Waals surface area contributed by atoms with Crippen molar-refractivity contribution in [3.05, 3.63) is 48.0 Å². The Bertz CT molecular complexity index is 827. The van der Waals surface area contributed by atoms with Gasteiger partial charge in [-0.3, -0.25) is 0 Å². The summed E-state index contributed by atoms with van der Waals surface area (Å²) in [5.74, 6) is 1.59. The summed E-state index contributed by atoms with van der Waals surface area (Å²) < 4.78 is 5.70. The number of nitrogens with zero attached hydrogens (tertiary/aromatic N) is 2. The van der Waals surface area contributed by atoms with Gasteiger partial charge in [0.1, 0.15) is 11.6 Å². The van der Waals surface area contributed by atoms with Crippen molar-refractivity contribution in [2.75, 3.05) is 0 Å². The summed E-state index contributed by atoms with van der Waals surface area (Å²) >= 11 is 0. The monoisotopic (exact) mass is 277 g/mol. The number of aromatic amines is 1. The number of aromatic nitrogens is 2. The van der Waals surface area contributed by atoms with Crippen molar-refractivity contribution < 1.29 is 4.74 Å². The number of rotatable bonds is 3. The summed E-state index contributed by atoms with van der Waals surface area (Å²) in [6.45, 7) is 3.99. The molecule has 0 unspecified atom stereocenters. The zero-order valence-corrected chi connectivity index (χ0v) is 11.9. The molecule has 0 aliphatic carbocycles. The Morgan fingerprint density at radius 3 is 2.81 bits per heavy atom. The van der Waals surface area contributed by atoms with Gasteiger partial charge in [0, 0.05) is 5.56 Å². The van der Waals surface area contributed by atoms with Crippen LogP contribution in [0.3, 0.4) is 0 Å². The average molecular weight is 277 g/mol. The number of nitriles is 1. The number of imidazole rings is 1. The molecule has 0 bridgehead atoms. The molecule has 0 saturated carbocycles. The van der Waals surface area contributed by atoms with E-state index in [1.54, 1.807) is 12.1 Å². The van der Waals surface area contributed by atoms with Crippen molar-refractivity contribution in [1.82, 2.24) is 9.97 Å². The molecule has 2 aromatic carbocycles. The highest BCUT2D eigenvalue weighted by Crippen LogP contribution is 2.25. The molecule has 0 spiro atoms.